The van der Waals surface area contributed by atoms with Gasteiger partial charge in [-0.3, -0.25) is 0 Å². The Labute approximate surface area is 175 Å². The van der Waals surface area contributed by atoms with Crippen LogP contribution in [0.1, 0.15) is 57.3 Å². The summed E-state index contributed by atoms with van der Waals surface area (Å²) in [6.07, 6.45) is 2.57. The zero-order valence-corrected chi connectivity index (χ0v) is 18.9. The van der Waals surface area contributed by atoms with Gasteiger partial charge < -0.3 is 9.67 Å². The molecule has 5 rings (SSSR count). The third-order valence-corrected chi connectivity index (χ3v) is 13.8. The summed E-state index contributed by atoms with van der Waals surface area (Å²) < 4.78 is 15.2. The van der Waals surface area contributed by atoms with Gasteiger partial charge in [-0.2, -0.15) is 0 Å². The van der Waals surface area contributed by atoms with Crippen LogP contribution < -0.4 is 0 Å². The highest BCUT2D eigenvalue weighted by Gasteiger charge is 2.76. The molecule has 0 radical (unpaired) electrons. The highest BCUT2D eigenvalue weighted by atomic mass is 31.2. The molecule has 29 heavy (non-hydrogen) atoms. The third-order valence-electron chi connectivity index (χ3n) is 9.08. The second-order valence-electron chi connectivity index (χ2n) is 10.9. The van der Waals surface area contributed by atoms with E-state index in [2.05, 4.69) is 45.0 Å². The van der Waals surface area contributed by atoms with Gasteiger partial charge >= 0.3 is 0 Å². The monoisotopic (exact) mass is 408 g/mol. The van der Waals surface area contributed by atoms with E-state index in [0.29, 0.717) is 23.4 Å². The first-order valence-electron chi connectivity index (χ1n) is 11.0. The van der Waals surface area contributed by atoms with Gasteiger partial charge in [-0.1, -0.05) is 81.4 Å². The van der Waals surface area contributed by atoms with Crippen LogP contribution in [-0.2, 0) is 10.7 Å². The van der Waals surface area contributed by atoms with Crippen molar-refractivity contribution in [3.8, 4) is 0 Å². The van der Waals surface area contributed by atoms with E-state index in [1.165, 1.54) is 0 Å². The minimum absolute atomic E-state index is 0.0813. The molecular weight excluding hydrogens is 375 g/mol. The standard InChI is InChI=1S/C26H33O2P/c1-24(2)20-15-22-25(3,16-21(20)24)29(28,17-18-11-7-5-8-12-18)23(26(22,4)27)19-13-9-6-10-14-19/h5-14,20-23,27H,15-17H2,1-4H3/t20-,21+,22-,23-,25+,26-,29+/m1/s1. The Bertz CT molecular complexity index is 965. The fraction of sp³-hybridized carbons (Fsp3) is 0.538. The van der Waals surface area contributed by atoms with E-state index in [0.717, 1.165) is 24.0 Å². The van der Waals surface area contributed by atoms with Crippen molar-refractivity contribution >= 4 is 7.14 Å². The lowest BCUT2D eigenvalue weighted by Gasteiger charge is -2.42. The maximum atomic E-state index is 15.2. The molecule has 2 saturated carbocycles. The zero-order chi connectivity index (χ0) is 20.7. The summed E-state index contributed by atoms with van der Waals surface area (Å²) in [4.78, 5) is 0. The number of benzene rings is 2. The van der Waals surface area contributed by atoms with Crippen LogP contribution in [0, 0.1) is 23.2 Å². The van der Waals surface area contributed by atoms with Crippen molar-refractivity contribution in [1.29, 1.82) is 0 Å². The van der Waals surface area contributed by atoms with Crippen LogP contribution in [0.4, 0.5) is 0 Å². The average Bonchev–Trinajstić information content (AvgIpc) is 3.16. The van der Waals surface area contributed by atoms with Gasteiger partial charge in [-0.05, 0) is 48.1 Å². The Hall–Kier alpha value is -1.37. The molecule has 3 heteroatoms. The van der Waals surface area contributed by atoms with Gasteiger partial charge in [0.15, 0.2) is 0 Å². The topological polar surface area (TPSA) is 37.3 Å². The largest absolute Gasteiger partial charge is 0.389 e. The normalized spacial score (nSPS) is 44.7. The molecule has 1 heterocycles. The fourth-order valence-electron chi connectivity index (χ4n) is 7.36. The van der Waals surface area contributed by atoms with Crippen molar-refractivity contribution < 1.29 is 9.67 Å². The van der Waals surface area contributed by atoms with Gasteiger partial charge in [0.1, 0.15) is 7.14 Å². The summed E-state index contributed by atoms with van der Waals surface area (Å²) in [6.45, 7) is 8.95. The van der Waals surface area contributed by atoms with Crippen molar-refractivity contribution in [2.45, 2.75) is 63.1 Å². The second kappa shape index (κ2) is 6.08. The summed E-state index contributed by atoms with van der Waals surface area (Å²) in [5.74, 6) is 1.38. The van der Waals surface area contributed by atoms with Crippen LogP contribution in [0.5, 0.6) is 0 Å². The Kier molecular flexibility index (Phi) is 4.11. The van der Waals surface area contributed by atoms with Crippen molar-refractivity contribution in [3.05, 3.63) is 71.8 Å². The minimum Gasteiger partial charge on any atom is -0.389 e. The zero-order valence-electron chi connectivity index (χ0n) is 18.0. The molecule has 1 aliphatic heterocycles. The molecule has 7 atom stereocenters. The predicted molar refractivity (Wildman–Crippen MR) is 119 cm³/mol. The van der Waals surface area contributed by atoms with E-state index in [1.54, 1.807) is 0 Å². The van der Waals surface area contributed by atoms with Crippen LogP contribution in [0.3, 0.4) is 0 Å². The van der Waals surface area contributed by atoms with Gasteiger partial charge in [0.05, 0.1) is 11.3 Å². The first-order valence-corrected chi connectivity index (χ1v) is 13.0. The molecule has 0 amide bonds. The molecule has 3 fully saturated rings. The molecule has 1 saturated heterocycles. The SMILES string of the molecule is CC1(C)[C@@H]2C[C@H]3[C@@](C)(O)[C@@H](c4ccccc4)[P@@](=O)(Cc4ccccc4)[C@@]3(C)C[C@@H]21. The Morgan fingerprint density at radius 1 is 0.931 bits per heavy atom. The summed E-state index contributed by atoms with van der Waals surface area (Å²) >= 11 is 0. The fourth-order valence-corrected chi connectivity index (χ4v) is 12.3. The van der Waals surface area contributed by atoms with E-state index in [1.807, 2.05) is 43.3 Å². The van der Waals surface area contributed by atoms with Crippen molar-refractivity contribution in [1.82, 2.24) is 0 Å². The molecule has 1 N–H and O–H groups in total. The molecule has 0 bridgehead atoms. The van der Waals surface area contributed by atoms with Gasteiger partial charge in [-0.15, -0.1) is 0 Å². The first kappa shape index (κ1) is 19.6. The number of hydrogen-bond donors (Lipinski definition) is 1. The Morgan fingerprint density at radius 3 is 2.14 bits per heavy atom. The van der Waals surface area contributed by atoms with Crippen LogP contribution in [0.25, 0.3) is 0 Å². The molecule has 2 aromatic carbocycles. The van der Waals surface area contributed by atoms with Crippen LogP contribution in [-0.4, -0.2) is 15.9 Å². The first-order chi connectivity index (χ1) is 13.6. The summed E-state index contributed by atoms with van der Waals surface area (Å²) in [5, 5.41) is 11.7. The second-order valence-corrected chi connectivity index (χ2v) is 14.3. The third kappa shape index (κ3) is 2.55. The maximum Gasteiger partial charge on any atom is 0.108 e. The average molecular weight is 409 g/mol. The molecule has 0 spiro atoms. The number of aliphatic hydroxyl groups is 1. The maximum absolute atomic E-state index is 15.2. The van der Waals surface area contributed by atoms with Crippen molar-refractivity contribution in [2.75, 3.05) is 0 Å². The van der Waals surface area contributed by atoms with Gasteiger partial charge in [0, 0.05) is 17.2 Å². The lowest BCUT2D eigenvalue weighted by atomic mass is 9.69. The summed E-state index contributed by atoms with van der Waals surface area (Å²) in [5.41, 5.74) is 1.24. The molecule has 3 aliphatic rings. The minimum atomic E-state index is -2.81. The smallest absolute Gasteiger partial charge is 0.108 e. The number of rotatable bonds is 3. The van der Waals surface area contributed by atoms with Crippen LogP contribution in [0.2, 0.25) is 0 Å². The molecule has 154 valence electrons. The van der Waals surface area contributed by atoms with Crippen molar-refractivity contribution in [2.24, 2.45) is 23.2 Å². The van der Waals surface area contributed by atoms with E-state index < -0.39 is 12.7 Å². The predicted octanol–water partition coefficient (Wildman–Crippen LogP) is 6.50. The highest BCUT2D eigenvalue weighted by molar-refractivity contribution is 7.65. The van der Waals surface area contributed by atoms with Crippen molar-refractivity contribution in [3.63, 3.8) is 0 Å². The molecule has 2 aromatic rings. The van der Waals surface area contributed by atoms with Crippen LogP contribution >= 0.6 is 7.14 Å². The van der Waals surface area contributed by atoms with E-state index in [-0.39, 0.29) is 16.7 Å². The lowest BCUT2D eigenvalue weighted by Crippen LogP contribution is -2.44. The number of fused-ring (bicyclic) bond motifs is 2. The Balaban J connectivity index is 1.68. The molecule has 2 aliphatic carbocycles. The summed E-state index contributed by atoms with van der Waals surface area (Å²) in [6, 6.07) is 20.5. The van der Waals surface area contributed by atoms with Gasteiger partial charge in [0.2, 0.25) is 0 Å². The Morgan fingerprint density at radius 2 is 1.52 bits per heavy atom. The highest BCUT2D eigenvalue weighted by Crippen LogP contribution is 2.87. The molecule has 0 unspecified atom stereocenters. The van der Waals surface area contributed by atoms with E-state index in [9.17, 15) is 5.11 Å². The molecule has 2 nitrogen and oxygen atoms in total. The quantitative estimate of drug-likeness (QED) is 0.589. The van der Waals surface area contributed by atoms with Gasteiger partial charge in [0.25, 0.3) is 0 Å². The van der Waals surface area contributed by atoms with Crippen LogP contribution in [0.15, 0.2) is 60.7 Å². The van der Waals surface area contributed by atoms with Gasteiger partial charge in [-0.25, -0.2) is 0 Å². The summed E-state index contributed by atoms with van der Waals surface area (Å²) in [7, 11) is -2.81. The number of hydrogen-bond acceptors (Lipinski definition) is 2. The van der Waals surface area contributed by atoms with E-state index in [4.69, 9.17) is 0 Å². The molecular formula is C26H33O2P. The molecule has 0 aromatic heterocycles. The van der Waals surface area contributed by atoms with E-state index >= 15 is 4.57 Å². The lowest BCUT2D eigenvalue weighted by molar-refractivity contribution is -0.0195.